The molecule has 1 fully saturated rings. The van der Waals surface area contributed by atoms with E-state index < -0.39 is 52.3 Å². The quantitative estimate of drug-likeness (QED) is 0.235. The molecule has 39 heavy (non-hydrogen) atoms. The van der Waals surface area contributed by atoms with Crippen LogP contribution in [0.1, 0.15) is 31.1 Å². The van der Waals surface area contributed by atoms with Gasteiger partial charge in [-0.15, -0.1) is 0 Å². The SMILES string of the molecule is CO[C@H]1O[C@H](C(=O)C=N)[C@](O)(C(=O)c2ccccc2)[C@@](O)(C(=O)c2ccccc2)[C@@]1(O)C(=O)c1ccccc1. The minimum Gasteiger partial charge on any atom is -0.376 e. The molecule has 0 radical (unpaired) electrons. The molecule has 10 nitrogen and oxygen atoms in total. The summed E-state index contributed by atoms with van der Waals surface area (Å²) in [5.74, 6) is -5.54. The van der Waals surface area contributed by atoms with Crippen LogP contribution in [-0.2, 0) is 14.3 Å². The van der Waals surface area contributed by atoms with Gasteiger partial charge in [0.2, 0.25) is 39.9 Å². The van der Waals surface area contributed by atoms with Crippen LogP contribution in [0.3, 0.4) is 0 Å². The van der Waals surface area contributed by atoms with Gasteiger partial charge in [-0.2, -0.15) is 0 Å². The van der Waals surface area contributed by atoms with Crippen LogP contribution in [0.2, 0.25) is 0 Å². The van der Waals surface area contributed by atoms with Gasteiger partial charge in [0.05, 0.1) is 6.21 Å². The second-order valence-electron chi connectivity index (χ2n) is 8.96. The van der Waals surface area contributed by atoms with Gasteiger partial charge >= 0.3 is 0 Å². The van der Waals surface area contributed by atoms with Gasteiger partial charge in [0, 0.05) is 23.8 Å². The van der Waals surface area contributed by atoms with E-state index in [1.807, 2.05) is 0 Å². The zero-order chi connectivity index (χ0) is 28.4. The first-order valence-corrected chi connectivity index (χ1v) is 11.8. The molecule has 200 valence electrons. The van der Waals surface area contributed by atoms with Crippen LogP contribution in [0.15, 0.2) is 91.0 Å². The molecule has 1 aliphatic heterocycles. The Kier molecular flexibility index (Phi) is 7.51. The number of aliphatic hydroxyl groups is 3. The summed E-state index contributed by atoms with van der Waals surface area (Å²) in [5.41, 5.74) is -11.7. The third kappa shape index (κ3) is 4.06. The molecule has 0 saturated carbocycles. The highest BCUT2D eigenvalue weighted by Gasteiger charge is 2.81. The largest absolute Gasteiger partial charge is 0.376 e. The number of rotatable bonds is 9. The molecule has 0 aliphatic carbocycles. The van der Waals surface area contributed by atoms with Crippen molar-refractivity contribution in [1.82, 2.24) is 0 Å². The molecule has 4 N–H and O–H groups in total. The lowest BCUT2D eigenvalue weighted by Gasteiger charge is -2.57. The molecule has 0 spiro atoms. The minimum absolute atomic E-state index is 0.220. The van der Waals surface area contributed by atoms with Crippen molar-refractivity contribution in [2.24, 2.45) is 0 Å². The fourth-order valence-corrected chi connectivity index (χ4v) is 4.86. The second-order valence-corrected chi connectivity index (χ2v) is 8.96. The third-order valence-electron chi connectivity index (χ3n) is 6.83. The molecule has 1 heterocycles. The first kappa shape index (κ1) is 27.8. The summed E-state index contributed by atoms with van der Waals surface area (Å²) in [6.07, 6.45) is -4.47. The van der Waals surface area contributed by atoms with Gasteiger partial charge in [0.25, 0.3) is 0 Å². The smallest absolute Gasteiger partial charge is 0.218 e. The molecule has 5 atom stereocenters. The number of Topliss-reactive ketones (excluding diaryl/α,β-unsaturated/α-hetero) is 4. The third-order valence-corrected chi connectivity index (χ3v) is 6.83. The van der Waals surface area contributed by atoms with E-state index in [9.17, 15) is 34.5 Å². The molecule has 0 unspecified atom stereocenters. The Balaban J connectivity index is 2.12. The van der Waals surface area contributed by atoms with Gasteiger partial charge in [-0.3, -0.25) is 19.2 Å². The number of hydrogen-bond acceptors (Lipinski definition) is 10. The number of nitrogens with one attached hydrogen (secondary N) is 1. The lowest BCUT2D eigenvalue weighted by molar-refractivity contribution is -0.342. The summed E-state index contributed by atoms with van der Waals surface area (Å²) < 4.78 is 10.7. The van der Waals surface area contributed by atoms with Gasteiger partial charge in [-0.1, -0.05) is 91.0 Å². The summed E-state index contributed by atoms with van der Waals surface area (Å²) in [6.45, 7) is 0. The van der Waals surface area contributed by atoms with Crippen molar-refractivity contribution < 1.29 is 44.0 Å². The molecule has 3 aromatic rings. The van der Waals surface area contributed by atoms with E-state index in [0.717, 1.165) is 7.11 Å². The number of carbonyl (C=O) groups excluding carboxylic acids is 4. The van der Waals surface area contributed by atoms with Crippen LogP contribution < -0.4 is 0 Å². The molecule has 4 rings (SSSR count). The van der Waals surface area contributed by atoms with Gasteiger partial charge in [0.1, 0.15) is 0 Å². The molecule has 3 aromatic carbocycles. The fourth-order valence-electron chi connectivity index (χ4n) is 4.86. The summed E-state index contributed by atoms with van der Waals surface area (Å²) >= 11 is 0. The average Bonchev–Trinajstić information content (AvgIpc) is 2.99. The molecule has 0 amide bonds. The number of hydrogen-bond donors (Lipinski definition) is 4. The van der Waals surface area contributed by atoms with Crippen LogP contribution in [0.4, 0.5) is 0 Å². The van der Waals surface area contributed by atoms with E-state index in [2.05, 4.69) is 0 Å². The Morgan fingerprint density at radius 3 is 1.49 bits per heavy atom. The van der Waals surface area contributed by atoms with Crippen molar-refractivity contribution in [3.05, 3.63) is 108 Å². The van der Waals surface area contributed by atoms with E-state index in [4.69, 9.17) is 14.9 Å². The van der Waals surface area contributed by atoms with Crippen molar-refractivity contribution in [2.45, 2.75) is 29.2 Å². The number of ether oxygens (including phenoxy) is 2. The van der Waals surface area contributed by atoms with Crippen LogP contribution in [-0.4, -0.2) is 81.0 Å². The normalized spacial score (nSPS) is 28.3. The Morgan fingerprint density at radius 2 is 1.10 bits per heavy atom. The maximum atomic E-state index is 14.2. The number of benzene rings is 3. The van der Waals surface area contributed by atoms with Gasteiger partial charge in [-0.25, -0.2) is 0 Å². The lowest BCUT2D eigenvalue weighted by Crippen LogP contribution is -2.87. The Bertz CT molecular complexity index is 1410. The van der Waals surface area contributed by atoms with Crippen molar-refractivity contribution in [1.29, 1.82) is 5.41 Å². The zero-order valence-corrected chi connectivity index (χ0v) is 20.7. The summed E-state index contributed by atoms with van der Waals surface area (Å²) in [7, 11) is 0.969. The van der Waals surface area contributed by atoms with Gasteiger partial charge in [-0.05, 0) is 0 Å². The molecular formula is C29H25NO9. The average molecular weight is 532 g/mol. The lowest BCUT2D eigenvalue weighted by atomic mass is 9.58. The minimum atomic E-state index is -3.77. The van der Waals surface area contributed by atoms with Crippen molar-refractivity contribution >= 4 is 29.3 Å². The molecular weight excluding hydrogens is 506 g/mol. The van der Waals surface area contributed by atoms with Crippen LogP contribution in [0.5, 0.6) is 0 Å². The molecule has 0 aromatic heterocycles. The standard InChI is InChI=1S/C29H25NO9/c1-38-26-28(36,23(33)19-13-7-3-8-14-19)29(37,24(34)20-15-9-4-10-16-20)27(35,25(39-26)21(31)17-30)22(32)18-11-5-2-6-12-18/h2-17,25-26,30,35-37H,1H3/t25-,26+,27-,28-,29+/m1/s1. The predicted molar refractivity (Wildman–Crippen MR) is 137 cm³/mol. The zero-order valence-electron chi connectivity index (χ0n) is 20.7. The molecule has 10 heteroatoms. The van der Waals surface area contributed by atoms with E-state index >= 15 is 0 Å². The van der Waals surface area contributed by atoms with Crippen molar-refractivity contribution in [2.75, 3.05) is 7.11 Å². The fraction of sp³-hybridized carbons (Fsp3) is 0.207. The number of ketones is 4. The second kappa shape index (κ2) is 10.5. The highest BCUT2D eigenvalue weighted by Crippen LogP contribution is 2.49. The molecule has 1 saturated heterocycles. The van der Waals surface area contributed by atoms with Crippen molar-refractivity contribution in [3.63, 3.8) is 0 Å². The van der Waals surface area contributed by atoms with Gasteiger partial charge in [0.15, 0.2) is 12.4 Å². The summed E-state index contributed by atoms with van der Waals surface area (Å²) in [5, 5.41) is 44.3. The van der Waals surface area contributed by atoms with Crippen LogP contribution in [0.25, 0.3) is 0 Å². The van der Waals surface area contributed by atoms with Crippen LogP contribution in [0, 0.1) is 5.41 Å². The summed E-state index contributed by atoms with van der Waals surface area (Å²) in [6, 6.07) is 20.7. The first-order chi connectivity index (χ1) is 18.6. The predicted octanol–water partition coefficient (Wildman–Crippen LogP) is 1.42. The van der Waals surface area contributed by atoms with E-state index in [-0.39, 0.29) is 22.9 Å². The number of methoxy groups -OCH3 is 1. The first-order valence-electron chi connectivity index (χ1n) is 11.8. The molecule has 1 aliphatic rings. The Morgan fingerprint density at radius 1 is 0.718 bits per heavy atom. The highest BCUT2D eigenvalue weighted by molar-refractivity contribution is 6.31. The topological polar surface area (TPSA) is 171 Å². The number of carbonyl (C=O) groups is 4. The van der Waals surface area contributed by atoms with Crippen LogP contribution >= 0.6 is 0 Å². The highest BCUT2D eigenvalue weighted by atomic mass is 16.7. The monoisotopic (exact) mass is 531 g/mol. The van der Waals surface area contributed by atoms with Crippen molar-refractivity contribution in [3.8, 4) is 0 Å². The molecule has 0 bridgehead atoms. The van der Waals surface area contributed by atoms with Gasteiger partial charge < -0.3 is 30.2 Å². The van der Waals surface area contributed by atoms with E-state index in [1.54, 1.807) is 18.2 Å². The Hall–Kier alpha value is -4.19. The van der Waals surface area contributed by atoms with E-state index in [1.165, 1.54) is 72.8 Å². The summed E-state index contributed by atoms with van der Waals surface area (Å²) in [4.78, 5) is 55.1. The Labute approximate surface area is 222 Å². The maximum Gasteiger partial charge on any atom is 0.218 e. The van der Waals surface area contributed by atoms with E-state index in [0.29, 0.717) is 0 Å². The maximum absolute atomic E-state index is 14.2.